The molecule has 0 aliphatic rings. The molecule has 2 N–H and O–H groups in total. The van der Waals surface area contributed by atoms with Crippen molar-refractivity contribution in [2.75, 3.05) is 0 Å². The molecule has 0 fully saturated rings. The number of aromatic amines is 1. The van der Waals surface area contributed by atoms with Gasteiger partial charge in [0.25, 0.3) is 0 Å². The minimum Gasteiger partial charge on any atom is -0.345 e. The molecule has 3 aromatic rings. The lowest BCUT2D eigenvalue weighted by atomic mass is 10.0. The predicted octanol–water partition coefficient (Wildman–Crippen LogP) is 3.68. The fraction of sp³-hybridized carbons (Fsp3) is 0.211. The summed E-state index contributed by atoms with van der Waals surface area (Å²) in [6, 6.07) is 10.5. The molecule has 0 unspecified atom stereocenters. The van der Waals surface area contributed by atoms with E-state index in [1.54, 1.807) is 24.3 Å². The van der Waals surface area contributed by atoms with Crippen molar-refractivity contribution in [2.45, 2.75) is 25.1 Å². The topological polar surface area (TPSA) is 88.0 Å². The maximum absolute atomic E-state index is 12.7. The molecule has 2 aromatic carbocycles. The van der Waals surface area contributed by atoms with Crippen LogP contribution in [0.5, 0.6) is 0 Å². The largest absolute Gasteiger partial charge is 0.438 e. The minimum absolute atomic E-state index is 0.0200. The number of nitrogens with one attached hydrogen (secondary N) is 2. The molecule has 6 nitrogen and oxygen atoms in total. The highest BCUT2D eigenvalue weighted by Crippen LogP contribution is 2.29. The third kappa shape index (κ3) is 5.71. The zero-order valence-electron chi connectivity index (χ0n) is 14.8. The van der Waals surface area contributed by atoms with Crippen LogP contribution in [0.15, 0.2) is 57.8 Å². The molecule has 1 heterocycles. The molecule has 1 amide bonds. The number of amides is 1. The third-order valence-corrected chi connectivity index (χ3v) is 4.33. The van der Waals surface area contributed by atoms with Crippen molar-refractivity contribution in [2.24, 2.45) is 0 Å². The van der Waals surface area contributed by atoms with E-state index in [0.29, 0.717) is 16.1 Å². The van der Waals surface area contributed by atoms with Crippen LogP contribution in [0.1, 0.15) is 28.6 Å². The molecule has 152 valence electrons. The Morgan fingerprint density at radius 2 is 1.90 bits per heavy atom. The molecule has 0 saturated heterocycles. The summed E-state index contributed by atoms with van der Waals surface area (Å²) in [6.45, 7) is 0. The van der Waals surface area contributed by atoms with E-state index in [1.807, 2.05) is 0 Å². The molecule has 1 atom stereocenters. The van der Waals surface area contributed by atoms with Gasteiger partial charge in [0.15, 0.2) is 5.82 Å². The van der Waals surface area contributed by atoms with Crippen molar-refractivity contribution in [3.63, 3.8) is 0 Å². The Morgan fingerprint density at radius 1 is 1.17 bits per heavy atom. The lowest BCUT2D eigenvalue weighted by Gasteiger charge is -2.16. The summed E-state index contributed by atoms with van der Waals surface area (Å²) < 4.78 is 42.7. The van der Waals surface area contributed by atoms with Gasteiger partial charge in [0.2, 0.25) is 5.91 Å². The quantitative estimate of drug-likeness (QED) is 0.630. The summed E-state index contributed by atoms with van der Waals surface area (Å²) in [5, 5.41) is 6.78. The number of rotatable bonds is 6. The molecule has 3 rings (SSSR count). The van der Waals surface area contributed by atoms with Gasteiger partial charge in [0.1, 0.15) is 0 Å². The highest BCUT2D eigenvalue weighted by molar-refractivity contribution is 6.30. The molecule has 10 heteroatoms. The van der Waals surface area contributed by atoms with Gasteiger partial charge in [-0.2, -0.15) is 13.2 Å². The average Bonchev–Trinajstić information content (AvgIpc) is 3.07. The van der Waals surface area contributed by atoms with E-state index >= 15 is 0 Å². The van der Waals surface area contributed by atoms with Crippen LogP contribution in [0.2, 0.25) is 5.02 Å². The number of halogens is 4. The van der Waals surface area contributed by atoms with Gasteiger partial charge in [-0.15, -0.1) is 0 Å². The first-order valence-corrected chi connectivity index (χ1v) is 8.84. The minimum atomic E-state index is -4.44. The predicted molar refractivity (Wildman–Crippen MR) is 98.3 cm³/mol. The van der Waals surface area contributed by atoms with E-state index in [9.17, 15) is 22.8 Å². The molecule has 0 aliphatic carbocycles. The van der Waals surface area contributed by atoms with Crippen LogP contribution >= 0.6 is 11.6 Å². The van der Waals surface area contributed by atoms with Gasteiger partial charge in [0, 0.05) is 11.4 Å². The van der Waals surface area contributed by atoms with E-state index < -0.39 is 23.5 Å². The smallest absolute Gasteiger partial charge is 0.345 e. The Bertz CT molecular complexity index is 1040. The number of H-pyrrole nitrogens is 1. The normalized spacial score (nSPS) is 12.6. The Balaban J connectivity index is 1.76. The molecular weight excluding hydrogens is 411 g/mol. The van der Waals surface area contributed by atoms with E-state index in [1.165, 1.54) is 12.1 Å². The monoisotopic (exact) mass is 425 g/mol. The second-order valence-electron chi connectivity index (χ2n) is 6.31. The first kappa shape index (κ1) is 20.7. The Hall–Kier alpha value is -3.07. The molecule has 1 aromatic heterocycles. The van der Waals surface area contributed by atoms with Crippen LogP contribution in [-0.4, -0.2) is 16.0 Å². The molecule has 0 spiro atoms. The fourth-order valence-electron chi connectivity index (χ4n) is 2.75. The number of aromatic nitrogens is 2. The van der Waals surface area contributed by atoms with Gasteiger partial charge in [-0.1, -0.05) is 41.0 Å². The summed E-state index contributed by atoms with van der Waals surface area (Å²) in [6.07, 6.45) is -4.32. The lowest BCUT2D eigenvalue weighted by Crippen LogP contribution is -2.32. The fourth-order valence-corrected chi connectivity index (χ4v) is 2.96. The van der Waals surface area contributed by atoms with Crippen LogP contribution in [0, 0.1) is 0 Å². The molecule has 0 radical (unpaired) electrons. The molecule has 0 saturated carbocycles. The van der Waals surface area contributed by atoms with E-state index in [-0.39, 0.29) is 24.6 Å². The van der Waals surface area contributed by atoms with Crippen LogP contribution < -0.4 is 11.1 Å². The second-order valence-corrected chi connectivity index (χ2v) is 6.74. The van der Waals surface area contributed by atoms with Gasteiger partial charge in [-0.25, -0.2) is 4.79 Å². The summed E-state index contributed by atoms with van der Waals surface area (Å²) in [5.74, 6) is -1.12. The highest BCUT2D eigenvalue weighted by Gasteiger charge is 2.30. The average molecular weight is 426 g/mol. The maximum Gasteiger partial charge on any atom is 0.438 e. The standard InChI is InChI=1S/C19H15ClF3N3O3/c20-14-3-1-2-12(8-14)10-16(27)24-15(17-25-18(28)29-26-17)9-11-4-6-13(7-5-11)19(21,22)23/h1-8,15H,9-10H2,(H,24,27)(H,25,26,28)/t15-/m0/s1. The first-order chi connectivity index (χ1) is 13.7. The number of hydrogen-bond donors (Lipinski definition) is 2. The first-order valence-electron chi connectivity index (χ1n) is 8.46. The Morgan fingerprint density at radius 3 is 2.48 bits per heavy atom. The molecule has 0 bridgehead atoms. The van der Waals surface area contributed by atoms with E-state index in [0.717, 1.165) is 12.1 Å². The van der Waals surface area contributed by atoms with Crippen molar-refractivity contribution in [3.8, 4) is 0 Å². The van der Waals surface area contributed by atoms with E-state index in [2.05, 4.69) is 20.0 Å². The maximum atomic E-state index is 12.7. The van der Waals surface area contributed by atoms with Crippen molar-refractivity contribution in [1.29, 1.82) is 0 Å². The molecule has 0 aliphatic heterocycles. The summed E-state index contributed by atoms with van der Waals surface area (Å²) in [4.78, 5) is 26.1. The van der Waals surface area contributed by atoms with Crippen LogP contribution in [-0.2, 0) is 23.8 Å². The number of alkyl halides is 3. The highest BCUT2D eigenvalue weighted by atomic mass is 35.5. The van der Waals surface area contributed by atoms with Crippen LogP contribution in [0.25, 0.3) is 0 Å². The SMILES string of the molecule is O=C(Cc1cccc(Cl)c1)N[C@@H](Cc1ccc(C(F)(F)F)cc1)c1noc(=O)[nH]1. The Labute approximate surface area is 167 Å². The van der Waals surface area contributed by atoms with Crippen molar-refractivity contribution in [3.05, 3.63) is 86.6 Å². The zero-order chi connectivity index (χ0) is 21.0. The summed E-state index contributed by atoms with van der Waals surface area (Å²) >= 11 is 5.91. The number of nitrogens with zero attached hydrogens (tertiary/aromatic N) is 1. The van der Waals surface area contributed by atoms with Gasteiger partial charge < -0.3 is 5.32 Å². The Kier molecular flexibility index (Phi) is 6.07. The number of hydrogen-bond acceptors (Lipinski definition) is 4. The van der Waals surface area contributed by atoms with E-state index in [4.69, 9.17) is 11.6 Å². The van der Waals surface area contributed by atoms with Crippen LogP contribution in [0.3, 0.4) is 0 Å². The van der Waals surface area contributed by atoms with Crippen molar-refractivity contribution >= 4 is 17.5 Å². The van der Waals surface area contributed by atoms with Crippen LogP contribution in [0.4, 0.5) is 13.2 Å². The zero-order valence-corrected chi connectivity index (χ0v) is 15.6. The molecular formula is C19H15ClF3N3O3. The van der Waals surface area contributed by atoms with Gasteiger partial charge in [-0.05, 0) is 35.4 Å². The lowest BCUT2D eigenvalue weighted by molar-refractivity contribution is -0.137. The third-order valence-electron chi connectivity index (χ3n) is 4.10. The van der Waals surface area contributed by atoms with Gasteiger partial charge in [-0.3, -0.25) is 14.3 Å². The number of carbonyl (C=O) groups is 1. The number of carbonyl (C=O) groups excluding carboxylic acids is 1. The van der Waals surface area contributed by atoms with Crippen molar-refractivity contribution < 1.29 is 22.5 Å². The number of benzene rings is 2. The van der Waals surface area contributed by atoms with Crippen molar-refractivity contribution in [1.82, 2.24) is 15.5 Å². The summed E-state index contributed by atoms with van der Waals surface area (Å²) in [5.41, 5.74) is 0.407. The molecule has 29 heavy (non-hydrogen) atoms. The summed E-state index contributed by atoms with van der Waals surface area (Å²) in [7, 11) is 0. The van der Waals surface area contributed by atoms with Gasteiger partial charge >= 0.3 is 11.9 Å². The van der Waals surface area contributed by atoms with Gasteiger partial charge in [0.05, 0.1) is 18.0 Å². The second kappa shape index (κ2) is 8.52.